The summed E-state index contributed by atoms with van der Waals surface area (Å²) < 4.78 is 5.52. The van der Waals surface area contributed by atoms with Gasteiger partial charge >= 0.3 is 0 Å². The van der Waals surface area contributed by atoms with Crippen molar-refractivity contribution in [2.45, 2.75) is 25.7 Å². The van der Waals surface area contributed by atoms with Gasteiger partial charge in [-0.3, -0.25) is 9.59 Å². The van der Waals surface area contributed by atoms with E-state index in [9.17, 15) is 9.59 Å². The van der Waals surface area contributed by atoms with Crippen molar-refractivity contribution in [2.75, 3.05) is 26.2 Å². The SMILES string of the molecule is O=C(CCCc1ccccc1)N1CCN(C(=O)Cc2coc(-c3ccccc3)n2)CC1. The van der Waals surface area contributed by atoms with E-state index < -0.39 is 0 Å². The Labute approximate surface area is 182 Å². The molecule has 1 aliphatic heterocycles. The number of carbonyl (C=O) groups is 2. The first-order valence-corrected chi connectivity index (χ1v) is 10.8. The maximum Gasteiger partial charge on any atom is 0.228 e. The number of carbonyl (C=O) groups excluding carboxylic acids is 2. The minimum absolute atomic E-state index is 0.0177. The molecule has 1 saturated heterocycles. The molecule has 0 N–H and O–H groups in total. The van der Waals surface area contributed by atoms with Crippen LogP contribution in [0.15, 0.2) is 71.3 Å². The third-order valence-corrected chi connectivity index (χ3v) is 5.59. The van der Waals surface area contributed by atoms with Gasteiger partial charge < -0.3 is 14.2 Å². The average Bonchev–Trinajstić information content (AvgIpc) is 3.29. The van der Waals surface area contributed by atoms with E-state index in [2.05, 4.69) is 17.1 Å². The first kappa shape index (κ1) is 20.8. The predicted molar refractivity (Wildman–Crippen MR) is 118 cm³/mol. The van der Waals surface area contributed by atoms with Crippen LogP contribution in [0.3, 0.4) is 0 Å². The zero-order valence-electron chi connectivity index (χ0n) is 17.6. The number of oxazole rings is 1. The van der Waals surface area contributed by atoms with E-state index in [4.69, 9.17) is 4.42 Å². The summed E-state index contributed by atoms with van der Waals surface area (Å²) in [5, 5.41) is 0. The molecule has 0 saturated carbocycles. The molecule has 1 aliphatic rings. The highest BCUT2D eigenvalue weighted by molar-refractivity contribution is 5.79. The maximum absolute atomic E-state index is 12.7. The molecule has 4 rings (SSSR count). The molecule has 2 amide bonds. The van der Waals surface area contributed by atoms with Gasteiger partial charge in [-0.05, 0) is 30.5 Å². The molecular formula is C25H27N3O3. The van der Waals surface area contributed by atoms with E-state index in [-0.39, 0.29) is 18.2 Å². The van der Waals surface area contributed by atoms with E-state index in [1.807, 2.05) is 58.3 Å². The van der Waals surface area contributed by atoms with Crippen molar-refractivity contribution in [3.8, 4) is 11.5 Å². The number of amides is 2. The first-order valence-electron chi connectivity index (χ1n) is 10.8. The van der Waals surface area contributed by atoms with Crippen molar-refractivity contribution < 1.29 is 14.0 Å². The third kappa shape index (κ3) is 5.60. The molecule has 0 radical (unpaired) electrons. The van der Waals surface area contributed by atoms with Crippen LogP contribution in [0.1, 0.15) is 24.1 Å². The Morgan fingerprint density at radius 1 is 0.839 bits per heavy atom. The minimum atomic E-state index is 0.0177. The second-order valence-electron chi connectivity index (χ2n) is 7.79. The molecular weight excluding hydrogens is 390 g/mol. The Morgan fingerprint density at radius 3 is 2.13 bits per heavy atom. The molecule has 31 heavy (non-hydrogen) atoms. The molecule has 0 spiro atoms. The molecule has 6 heteroatoms. The van der Waals surface area contributed by atoms with E-state index in [1.54, 1.807) is 6.26 Å². The molecule has 6 nitrogen and oxygen atoms in total. The van der Waals surface area contributed by atoms with Crippen LogP contribution in [0.2, 0.25) is 0 Å². The van der Waals surface area contributed by atoms with Gasteiger partial charge in [0.1, 0.15) is 6.26 Å². The summed E-state index contributed by atoms with van der Waals surface area (Å²) >= 11 is 0. The normalized spacial score (nSPS) is 13.9. The van der Waals surface area contributed by atoms with Gasteiger partial charge in [0, 0.05) is 38.2 Å². The molecule has 0 unspecified atom stereocenters. The van der Waals surface area contributed by atoms with Crippen LogP contribution in [0.4, 0.5) is 0 Å². The Kier molecular flexibility index (Phi) is 6.77. The molecule has 0 bridgehead atoms. The van der Waals surface area contributed by atoms with Gasteiger partial charge in [-0.25, -0.2) is 4.98 Å². The largest absolute Gasteiger partial charge is 0.444 e. The number of aryl methyl sites for hydroxylation is 1. The van der Waals surface area contributed by atoms with Gasteiger partial charge in [0.15, 0.2) is 0 Å². The smallest absolute Gasteiger partial charge is 0.228 e. The van der Waals surface area contributed by atoms with Gasteiger partial charge in [-0.15, -0.1) is 0 Å². The molecule has 0 aliphatic carbocycles. The summed E-state index contributed by atoms with van der Waals surface area (Å²) in [4.78, 5) is 33.3. The fraction of sp³-hybridized carbons (Fsp3) is 0.320. The monoisotopic (exact) mass is 417 g/mol. The highest BCUT2D eigenvalue weighted by Gasteiger charge is 2.24. The van der Waals surface area contributed by atoms with Crippen molar-refractivity contribution in [3.05, 3.63) is 78.2 Å². The van der Waals surface area contributed by atoms with E-state index in [0.29, 0.717) is 44.2 Å². The molecule has 160 valence electrons. The van der Waals surface area contributed by atoms with Crippen LogP contribution in [0, 0.1) is 0 Å². The third-order valence-electron chi connectivity index (χ3n) is 5.59. The van der Waals surface area contributed by atoms with E-state index >= 15 is 0 Å². The maximum atomic E-state index is 12.7. The van der Waals surface area contributed by atoms with Gasteiger partial charge in [0.05, 0.1) is 12.1 Å². The van der Waals surface area contributed by atoms with Crippen LogP contribution >= 0.6 is 0 Å². The number of hydrogen-bond acceptors (Lipinski definition) is 4. The van der Waals surface area contributed by atoms with Crippen LogP contribution in [-0.4, -0.2) is 52.8 Å². The fourth-order valence-corrected chi connectivity index (χ4v) is 3.82. The topological polar surface area (TPSA) is 66.7 Å². The van der Waals surface area contributed by atoms with Crippen LogP contribution < -0.4 is 0 Å². The zero-order valence-corrected chi connectivity index (χ0v) is 17.6. The lowest BCUT2D eigenvalue weighted by atomic mass is 10.1. The number of nitrogens with zero attached hydrogens (tertiary/aromatic N) is 3. The molecule has 2 heterocycles. The summed E-state index contributed by atoms with van der Waals surface area (Å²) in [5.41, 5.74) is 2.78. The number of piperazine rings is 1. The lowest BCUT2D eigenvalue weighted by molar-refractivity contribution is -0.139. The van der Waals surface area contributed by atoms with Crippen molar-refractivity contribution in [1.82, 2.24) is 14.8 Å². The van der Waals surface area contributed by atoms with Crippen LogP contribution in [-0.2, 0) is 22.4 Å². The predicted octanol–water partition coefficient (Wildman–Crippen LogP) is 3.58. The van der Waals surface area contributed by atoms with Gasteiger partial charge in [-0.2, -0.15) is 0 Å². The first-order chi connectivity index (χ1) is 15.2. The summed E-state index contributed by atoms with van der Waals surface area (Å²) in [6.07, 6.45) is 4.06. The van der Waals surface area contributed by atoms with Gasteiger partial charge in [0.25, 0.3) is 0 Å². The fourth-order valence-electron chi connectivity index (χ4n) is 3.82. The Hall–Kier alpha value is -3.41. The second kappa shape index (κ2) is 10.1. The number of benzene rings is 2. The Balaban J connectivity index is 1.21. The molecule has 1 fully saturated rings. The molecule has 2 aromatic carbocycles. The number of hydrogen-bond donors (Lipinski definition) is 0. The van der Waals surface area contributed by atoms with E-state index in [0.717, 1.165) is 18.4 Å². The number of aromatic nitrogens is 1. The molecule has 1 aromatic heterocycles. The lowest BCUT2D eigenvalue weighted by Gasteiger charge is -2.34. The van der Waals surface area contributed by atoms with Crippen LogP contribution in [0.5, 0.6) is 0 Å². The molecule has 0 atom stereocenters. The Bertz CT molecular complexity index is 993. The van der Waals surface area contributed by atoms with Crippen molar-refractivity contribution >= 4 is 11.8 Å². The van der Waals surface area contributed by atoms with Crippen molar-refractivity contribution in [1.29, 1.82) is 0 Å². The standard InChI is InChI=1S/C25H27N3O3/c29-23(13-7-10-20-8-3-1-4-9-20)27-14-16-28(17-15-27)24(30)18-22-19-31-25(26-22)21-11-5-2-6-12-21/h1-6,8-9,11-12,19H,7,10,13-18H2. The highest BCUT2D eigenvalue weighted by atomic mass is 16.3. The minimum Gasteiger partial charge on any atom is -0.444 e. The van der Waals surface area contributed by atoms with Gasteiger partial charge in [0.2, 0.25) is 17.7 Å². The lowest BCUT2D eigenvalue weighted by Crippen LogP contribution is -2.51. The van der Waals surface area contributed by atoms with Crippen molar-refractivity contribution in [2.24, 2.45) is 0 Å². The Morgan fingerprint density at radius 2 is 1.45 bits per heavy atom. The van der Waals surface area contributed by atoms with Crippen LogP contribution in [0.25, 0.3) is 11.5 Å². The second-order valence-corrected chi connectivity index (χ2v) is 7.79. The summed E-state index contributed by atoms with van der Waals surface area (Å²) in [5.74, 6) is 0.713. The highest BCUT2D eigenvalue weighted by Crippen LogP contribution is 2.18. The van der Waals surface area contributed by atoms with Gasteiger partial charge in [-0.1, -0.05) is 48.5 Å². The number of rotatable bonds is 7. The average molecular weight is 418 g/mol. The summed E-state index contributed by atoms with van der Waals surface area (Å²) in [7, 11) is 0. The summed E-state index contributed by atoms with van der Waals surface area (Å²) in [6.45, 7) is 2.30. The molecule has 3 aromatic rings. The van der Waals surface area contributed by atoms with E-state index in [1.165, 1.54) is 5.56 Å². The quantitative estimate of drug-likeness (QED) is 0.589. The summed E-state index contributed by atoms with van der Waals surface area (Å²) in [6, 6.07) is 19.9. The zero-order chi connectivity index (χ0) is 21.5. The van der Waals surface area contributed by atoms with Crippen molar-refractivity contribution in [3.63, 3.8) is 0 Å².